The topological polar surface area (TPSA) is 29.5 Å². The molecule has 1 saturated heterocycles. The van der Waals surface area contributed by atoms with Crippen molar-refractivity contribution in [3.8, 4) is 0 Å². The summed E-state index contributed by atoms with van der Waals surface area (Å²) < 4.78 is 5.75. The number of likely N-dealkylation sites (tertiary alicyclic amines) is 1. The van der Waals surface area contributed by atoms with Crippen LogP contribution in [0.3, 0.4) is 0 Å². The van der Waals surface area contributed by atoms with Crippen molar-refractivity contribution in [2.45, 2.75) is 38.2 Å². The second kappa shape index (κ2) is 8.54. The van der Waals surface area contributed by atoms with Crippen molar-refractivity contribution in [2.24, 2.45) is 0 Å². The number of halogens is 1. The number of alkyl halides is 1. The Labute approximate surface area is 135 Å². The summed E-state index contributed by atoms with van der Waals surface area (Å²) in [5, 5.41) is 0.873. The minimum Gasteiger partial charge on any atom is -0.377 e. The molecule has 0 saturated carbocycles. The Bertz CT molecular complexity index is 430. The lowest BCUT2D eigenvalue weighted by atomic mass is 9.94. The smallest absolute Gasteiger partial charge is 0.230 e. The van der Waals surface area contributed by atoms with Crippen molar-refractivity contribution in [3.05, 3.63) is 35.9 Å². The predicted octanol–water partition coefficient (Wildman–Crippen LogP) is 3.58. The summed E-state index contributed by atoms with van der Waals surface area (Å²) in [7, 11) is 0. The highest BCUT2D eigenvalue weighted by Gasteiger charge is 2.28. The van der Waals surface area contributed by atoms with Crippen LogP contribution < -0.4 is 0 Å². The van der Waals surface area contributed by atoms with Crippen LogP contribution in [0, 0.1) is 0 Å². The molecule has 1 aliphatic rings. The van der Waals surface area contributed by atoms with Crippen molar-refractivity contribution in [1.29, 1.82) is 0 Å². The van der Waals surface area contributed by atoms with Gasteiger partial charge < -0.3 is 9.64 Å². The van der Waals surface area contributed by atoms with E-state index in [-0.39, 0.29) is 11.8 Å². The van der Waals surface area contributed by atoms with Gasteiger partial charge in [-0.25, -0.2) is 0 Å². The van der Waals surface area contributed by atoms with Crippen molar-refractivity contribution in [1.82, 2.24) is 4.90 Å². The lowest BCUT2D eigenvalue weighted by Crippen LogP contribution is -2.43. The van der Waals surface area contributed by atoms with Crippen LogP contribution in [0.4, 0.5) is 0 Å². The highest BCUT2D eigenvalue weighted by Crippen LogP contribution is 2.24. The van der Waals surface area contributed by atoms with Gasteiger partial charge in [-0.3, -0.25) is 4.79 Å². The molecule has 0 radical (unpaired) electrons. The van der Waals surface area contributed by atoms with Gasteiger partial charge in [-0.15, -0.1) is 0 Å². The maximum absolute atomic E-state index is 12.7. The summed E-state index contributed by atoms with van der Waals surface area (Å²) in [6.45, 7) is 4.46. The van der Waals surface area contributed by atoms with E-state index >= 15 is 0 Å². The maximum atomic E-state index is 12.7. The van der Waals surface area contributed by atoms with Gasteiger partial charge in [-0.2, -0.15) is 0 Å². The Morgan fingerprint density at radius 3 is 2.57 bits per heavy atom. The maximum Gasteiger partial charge on any atom is 0.230 e. The zero-order valence-corrected chi connectivity index (χ0v) is 14.2. The van der Waals surface area contributed by atoms with Crippen LogP contribution >= 0.6 is 15.9 Å². The largest absolute Gasteiger partial charge is 0.377 e. The minimum atomic E-state index is -0.00814. The average Bonchev–Trinajstić information content (AvgIpc) is 2.55. The van der Waals surface area contributed by atoms with E-state index in [2.05, 4.69) is 35.0 Å². The van der Waals surface area contributed by atoms with Gasteiger partial charge >= 0.3 is 0 Å². The molecule has 1 fully saturated rings. The van der Waals surface area contributed by atoms with Gasteiger partial charge in [0.25, 0.3) is 0 Å². The Balaban J connectivity index is 1.91. The van der Waals surface area contributed by atoms with Crippen molar-refractivity contribution in [2.75, 3.05) is 25.0 Å². The zero-order valence-electron chi connectivity index (χ0n) is 12.6. The van der Waals surface area contributed by atoms with Gasteiger partial charge in [0.1, 0.15) is 0 Å². The molecule has 1 amide bonds. The third-order valence-electron chi connectivity index (χ3n) is 4.09. The van der Waals surface area contributed by atoms with Gasteiger partial charge in [0, 0.05) is 18.4 Å². The molecule has 0 spiro atoms. The molecule has 1 atom stereocenters. The first-order chi connectivity index (χ1) is 10.3. The molecule has 1 unspecified atom stereocenters. The number of nitrogens with zero attached hydrogens (tertiary/aromatic N) is 1. The summed E-state index contributed by atoms with van der Waals surface area (Å²) in [5.74, 6) is 0.258. The quantitative estimate of drug-likeness (QED) is 0.731. The summed E-state index contributed by atoms with van der Waals surface area (Å²) in [6, 6.07) is 10.1. The van der Waals surface area contributed by atoms with Crippen molar-refractivity contribution >= 4 is 21.8 Å². The van der Waals surface area contributed by atoms with E-state index in [1.807, 2.05) is 23.1 Å². The second-order valence-corrected chi connectivity index (χ2v) is 6.25. The monoisotopic (exact) mass is 353 g/mol. The molecular formula is C17H24BrNO2. The fourth-order valence-electron chi connectivity index (χ4n) is 2.91. The highest BCUT2D eigenvalue weighted by atomic mass is 79.9. The number of rotatable bonds is 6. The van der Waals surface area contributed by atoms with E-state index in [0.717, 1.165) is 49.9 Å². The molecule has 1 heterocycles. The van der Waals surface area contributed by atoms with Gasteiger partial charge in [0.2, 0.25) is 5.91 Å². The molecule has 0 aliphatic carbocycles. The number of carbonyl (C=O) groups excluding carboxylic acids is 1. The van der Waals surface area contributed by atoms with Gasteiger partial charge in [-0.1, -0.05) is 53.2 Å². The first-order valence-electron chi connectivity index (χ1n) is 7.77. The van der Waals surface area contributed by atoms with Gasteiger partial charge in [-0.05, 0) is 24.8 Å². The highest BCUT2D eigenvalue weighted by molar-refractivity contribution is 9.09. The van der Waals surface area contributed by atoms with E-state index < -0.39 is 0 Å². The van der Waals surface area contributed by atoms with E-state index in [1.54, 1.807) is 0 Å². The molecule has 4 heteroatoms. The van der Waals surface area contributed by atoms with E-state index in [4.69, 9.17) is 4.74 Å². The number of hydrogen-bond acceptors (Lipinski definition) is 2. The van der Waals surface area contributed by atoms with E-state index in [0.29, 0.717) is 6.10 Å². The molecular weight excluding hydrogens is 330 g/mol. The van der Waals surface area contributed by atoms with Crippen LogP contribution in [0.5, 0.6) is 0 Å². The van der Waals surface area contributed by atoms with Crippen molar-refractivity contribution in [3.63, 3.8) is 0 Å². The molecule has 0 aromatic heterocycles. The zero-order chi connectivity index (χ0) is 15.1. The van der Waals surface area contributed by atoms with Crippen molar-refractivity contribution < 1.29 is 9.53 Å². The number of benzene rings is 1. The first-order valence-corrected chi connectivity index (χ1v) is 8.89. The van der Waals surface area contributed by atoms with Crippen LogP contribution in [0.1, 0.15) is 37.7 Å². The summed E-state index contributed by atoms with van der Waals surface area (Å²) in [6.07, 6.45) is 3.06. The fourth-order valence-corrected chi connectivity index (χ4v) is 3.10. The third kappa shape index (κ3) is 4.55. The normalized spacial score (nSPS) is 17.7. The minimum absolute atomic E-state index is 0.00814. The lowest BCUT2D eigenvalue weighted by molar-refractivity contribution is -0.135. The Morgan fingerprint density at radius 2 is 2.00 bits per heavy atom. The standard InChI is InChI=1S/C17H24BrNO2/c1-2-16(14-6-4-3-5-7-14)17(20)19-11-8-15(9-12-19)21-13-10-18/h3-7,15-16H,2,8-13H2,1H3. The van der Waals surface area contributed by atoms with Crippen LogP contribution in [0.2, 0.25) is 0 Å². The molecule has 1 aromatic rings. The fraction of sp³-hybridized carbons (Fsp3) is 0.588. The molecule has 116 valence electrons. The van der Waals surface area contributed by atoms with Gasteiger partial charge in [0.15, 0.2) is 0 Å². The molecule has 0 bridgehead atoms. The molecule has 1 aliphatic heterocycles. The second-order valence-electron chi connectivity index (χ2n) is 5.46. The SMILES string of the molecule is CCC(C(=O)N1CCC(OCCBr)CC1)c1ccccc1. The first kappa shape index (κ1) is 16.5. The number of ether oxygens (including phenoxy) is 1. The van der Waals surface area contributed by atoms with Crippen LogP contribution in [-0.4, -0.2) is 41.9 Å². The van der Waals surface area contributed by atoms with Crippen LogP contribution in [0.25, 0.3) is 0 Å². The Hall–Kier alpha value is -0.870. The predicted molar refractivity (Wildman–Crippen MR) is 88.8 cm³/mol. The Morgan fingerprint density at radius 1 is 1.33 bits per heavy atom. The van der Waals surface area contributed by atoms with E-state index in [9.17, 15) is 4.79 Å². The summed E-state index contributed by atoms with van der Waals surface area (Å²) >= 11 is 3.38. The number of hydrogen-bond donors (Lipinski definition) is 0. The lowest BCUT2D eigenvalue weighted by Gasteiger charge is -2.34. The van der Waals surface area contributed by atoms with E-state index in [1.165, 1.54) is 0 Å². The number of carbonyl (C=O) groups is 1. The molecule has 21 heavy (non-hydrogen) atoms. The molecule has 1 aromatic carbocycles. The number of amides is 1. The van der Waals surface area contributed by atoms with Gasteiger partial charge in [0.05, 0.1) is 18.6 Å². The molecule has 3 nitrogen and oxygen atoms in total. The van der Waals surface area contributed by atoms with Crippen LogP contribution in [0.15, 0.2) is 30.3 Å². The average molecular weight is 354 g/mol. The third-order valence-corrected chi connectivity index (χ3v) is 4.42. The number of piperidine rings is 1. The molecule has 0 N–H and O–H groups in total. The van der Waals surface area contributed by atoms with Crippen LogP contribution in [-0.2, 0) is 9.53 Å². The summed E-state index contributed by atoms with van der Waals surface area (Å²) in [5.41, 5.74) is 1.13. The summed E-state index contributed by atoms with van der Waals surface area (Å²) in [4.78, 5) is 14.7. The Kier molecular flexibility index (Phi) is 6.71. The molecule has 2 rings (SSSR count).